The summed E-state index contributed by atoms with van der Waals surface area (Å²) in [6.45, 7) is 0. The summed E-state index contributed by atoms with van der Waals surface area (Å²) >= 11 is 1.26. The molecule has 0 fully saturated rings. The Balaban J connectivity index is 2.18. The number of rotatable bonds is 3. The number of hydrogen-bond acceptors (Lipinski definition) is 6. The molecule has 0 aliphatic rings. The Hall–Kier alpha value is -2.87. The summed E-state index contributed by atoms with van der Waals surface area (Å²) in [6.07, 6.45) is 0. The number of fused-ring (bicyclic) bond motifs is 1. The molecule has 0 bridgehead atoms. The lowest BCUT2D eigenvalue weighted by atomic mass is 10.2. The fourth-order valence-corrected chi connectivity index (χ4v) is 2.94. The number of para-hydroxylation sites is 1. The van der Waals surface area contributed by atoms with E-state index in [9.17, 15) is 20.2 Å². The molecule has 0 aliphatic carbocycles. The highest BCUT2D eigenvalue weighted by Crippen LogP contribution is 2.35. The van der Waals surface area contributed by atoms with E-state index in [4.69, 9.17) is 0 Å². The molecule has 0 saturated carbocycles. The number of benzene rings is 2. The van der Waals surface area contributed by atoms with Gasteiger partial charge in [-0.05, 0) is 6.07 Å². The van der Waals surface area contributed by atoms with Crippen molar-refractivity contribution in [2.24, 2.45) is 0 Å². The van der Waals surface area contributed by atoms with Gasteiger partial charge in [-0.1, -0.05) is 18.2 Å². The molecule has 0 atom stereocenters. The fraction of sp³-hybridized carbons (Fsp3) is 0. The molecule has 3 rings (SSSR count). The summed E-state index contributed by atoms with van der Waals surface area (Å²) in [4.78, 5) is 25.1. The average Bonchev–Trinajstić information content (AvgIpc) is 2.91. The van der Waals surface area contributed by atoms with Crippen LogP contribution in [0.15, 0.2) is 42.5 Å². The van der Waals surface area contributed by atoms with Crippen LogP contribution in [-0.2, 0) is 0 Å². The molecule has 1 aromatic heterocycles. The van der Waals surface area contributed by atoms with Crippen LogP contribution in [0.25, 0.3) is 20.8 Å². The Morgan fingerprint density at radius 2 is 1.76 bits per heavy atom. The van der Waals surface area contributed by atoms with Crippen molar-refractivity contribution in [1.82, 2.24) is 4.98 Å². The fourth-order valence-electron chi connectivity index (χ4n) is 1.96. The van der Waals surface area contributed by atoms with E-state index >= 15 is 0 Å². The molecule has 0 amide bonds. The first-order chi connectivity index (χ1) is 10.1. The second-order valence-corrected chi connectivity index (χ2v) is 5.24. The zero-order valence-electron chi connectivity index (χ0n) is 10.4. The van der Waals surface area contributed by atoms with Crippen LogP contribution in [0.1, 0.15) is 0 Å². The molecule has 0 N–H and O–H groups in total. The molecule has 21 heavy (non-hydrogen) atoms. The molecule has 0 spiro atoms. The minimum Gasteiger partial charge on any atom is -0.258 e. The number of nitro benzene ring substituents is 2. The van der Waals surface area contributed by atoms with Gasteiger partial charge in [0, 0.05) is 23.8 Å². The van der Waals surface area contributed by atoms with Crippen LogP contribution in [0.3, 0.4) is 0 Å². The van der Waals surface area contributed by atoms with Gasteiger partial charge < -0.3 is 0 Å². The SMILES string of the molecule is O=[N+]([O-])c1cccc(-c2nc3c([N+](=O)[O-])cccc3s2)c1. The molecule has 2 aromatic carbocycles. The van der Waals surface area contributed by atoms with Gasteiger partial charge in [0.15, 0.2) is 5.52 Å². The van der Waals surface area contributed by atoms with Crippen molar-refractivity contribution in [2.45, 2.75) is 0 Å². The summed E-state index contributed by atoms with van der Waals surface area (Å²) in [5.41, 5.74) is 0.760. The van der Waals surface area contributed by atoms with Crippen molar-refractivity contribution in [3.8, 4) is 10.6 Å². The monoisotopic (exact) mass is 301 g/mol. The van der Waals surface area contributed by atoms with E-state index in [1.807, 2.05) is 0 Å². The van der Waals surface area contributed by atoms with Gasteiger partial charge in [-0.2, -0.15) is 0 Å². The van der Waals surface area contributed by atoms with E-state index in [2.05, 4.69) is 4.98 Å². The van der Waals surface area contributed by atoms with Crippen molar-refractivity contribution in [3.63, 3.8) is 0 Å². The Morgan fingerprint density at radius 1 is 1.00 bits per heavy atom. The molecular weight excluding hydrogens is 294 g/mol. The predicted octanol–water partition coefficient (Wildman–Crippen LogP) is 3.78. The second-order valence-electron chi connectivity index (χ2n) is 4.21. The molecule has 8 heteroatoms. The third-order valence-corrected chi connectivity index (χ3v) is 3.97. The predicted molar refractivity (Wildman–Crippen MR) is 78.4 cm³/mol. The highest BCUT2D eigenvalue weighted by molar-refractivity contribution is 7.21. The van der Waals surface area contributed by atoms with Crippen LogP contribution >= 0.6 is 11.3 Å². The number of nitro groups is 2. The topological polar surface area (TPSA) is 99.2 Å². The van der Waals surface area contributed by atoms with Crippen LogP contribution in [0.5, 0.6) is 0 Å². The van der Waals surface area contributed by atoms with Gasteiger partial charge in [0.1, 0.15) is 5.01 Å². The Kier molecular flexibility index (Phi) is 3.07. The van der Waals surface area contributed by atoms with Gasteiger partial charge in [-0.3, -0.25) is 20.2 Å². The van der Waals surface area contributed by atoms with Crippen molar-refractivity contribution in [1.29, 1.82) is 0 Å². The lowest BCUT2D eigenvalue weighted by Gasteiger charge is -1.95. The van der Waals surface area contributed by atoms with Gasteiger partial charge in [0.2, 0.25) is 0 Å². The first kappa shape index (κ1) is 13.1. The van der Waals surface area contributed by atoms with Crippen molar-refractivity contribution in [3.05, 3.63) is 62.7 Å². The van der Waals surface area contributed by atoms with E-state index in [-0.39, 0.29) is 11.4 Å². The van der Waals surface area contributed by atoms with Gasteiger partial charge in [-0.25, -0.2) is 4.98 Å². The maximum Gasteiger partial charge on any atom is 0.296 e. The minimum absolute atomic E-state index is 0.0405. The van der Waals surface area contributed by atoms with Crippen molar-refractivity contribution in [2.75, 3.05) is 0 Å². The highest BCUT2D eigenvalue weighted by atomic mass is 32.1. The zero-order valence-corrected chi connectivity index (χ0v) is 11.2. The minimum atomic E-state index is -0.487. The molecule has 0 unspecified atom stereocenters. The summed E-state index contributed by atoms with van der Waals surface area (Å²) in [5.74, 6) is 0. The summed E-state index contributed by atoms with van der Waals surface area (Å²) in [7, 11) is 0. The molecule has 104 valence electrons. The van der Waals surface area contributed by atoms with Gasteiger partial charge in [-0.15, -0.1) is 11.3 Å². The normalized spacial score (nSPS) is 10.7. The smallest absolute Gasteiger partial charge is 0.258 e. The van der Waals surface area contributed by atoms with Gasteiger partial charge in [0.25, 0.3) is 11.4 Å². The van der Waals surface area contributed by atoms with Crippen molar-refractivity contribution >= 4 is 32.9 Å². The molecular formula is C13H7N3O4S. The molecule has 7 nitrogen and oxygen atoms in total. The van der Waals surface area contributed by atoms with Gasteiger partial charge in [0.05, 0.1) is 14.5 Å². The summed E-state index contributed by atoms with van der Waals surface area (Å²) in [6, 6.07) is 10.8. The Bertz CT molecular complexity index is 875. The van der Waals surface area contributed by atoms with E-state index in [1.165, 1.54) is 29.5 Å². The van der Waals surface area contributed by atoms with E-state index < -0.39 is 9.85 Å². The Morgan fingerprint density at radius 3 is 2.48 bits per heavy atom. The largest absolute Gasteiger partial charge is 0.296 e. The second kappa shape index (κ2) is 4.91. The maximum absolute atomic E-state index is 11.0. The van der Waals surface area contributed by atoms with Crippen molar-refractivity contribution < 1.29 is 9.85 Å². The maximum atomic E-state index is 11.0. The Labute approximate surface area is 121 Å². The standard InChI is InChI=1S/C13H7N3O4S/c17-15(18)9-4-1-3-8(7-9)13-14-12-10(16(19)20)5-2-6-11(12)21-13/h1-7H. The molecule has 0 aliphatic heterocycles. The molecule has 0 radical (unpaired) electrons. The summed E-state index contributed by atoms with van der Waals surface area (Å²) < 4.78 is 0.672. The van der Waals surface area contributed by atoms with Crippen LogP contribution < -0.4 is 0 Å². The quantitative estimate of drug-likeness (QED) is 0.541. The lowest BCUT2D eigenvalue weighted by Crippen LogP contribution is -1.89. The molecule has 1 heterocycles. The lowest BCUT2D eigenvalue weighted by molar-refractivity contribution is -0.384. The van der Waals surface area contributed by atoms with E-state index in [0.29, 0.717) is 20.8 Å². The third-order valence-electron chi connectivity index (χ3n) is 2.90. The summed E-state index contributed by atoms with van der Waals surface area (Å²) in [5, 5.41) is 22.3. The number of nitrogens with zero attached hydrogens (tertiary/aromatic N) is 3. The number of aromatic nitrogens is 1. The molecule has 3 aromatic rings. The van der Waals surface area contributed by atoms with Crippen LogP contribution in [0, 0.1) is 20.2 Å². The molecule has 0 saturated heterocycles. The first-order valence-corrected chi connectivity index (χ1v) is 6.66. The number of non-ortho nitro benzene ring substituents is 2. The number of hydrogen-bond donors (Lipinski definition) is 0. The van der Waals surface area contributed by atoms with Gasteiger partial charge >= 0.3 is 0 Å². The first-order valence-electron chi connectivity index (χ1n) is 5.85. The number of thiazole rings is 1. The van der Waals surface area contributed by atoms with E-state index in [1.54, 1.807) is 24.3 Å². The van der Waals surface area contributed by atoms with E-state index in [0.717, 1.165) is 0 Å². The highest BCUT2D eigenvalue weighted by Gasteiger charge is 2.17. The third kappa shape index (κ3) is 2.32. The average molecular weight is 301 g/mol. The van der Waals surface area contributed by atoms with Crippen LogP contribution in [0.4, 0.5) is 11.4 Å². The van der Waals surface area contributed by atoms with Crippen LogP contribution in [-0.4, -0.2) is 14.8 Å². The van der Waals surface area contributed by atoms with Crippen LogP contribution in [0.2, 0.25) is 0 Å². The zero-order chi connectivity index (χ0) is 15.0.